The second kappa shape index (κ2) is 5.86. The van der Waals surface area contributed by atoms with E-state index >= 15 is 0 Å². The first-order chi connectivity index (χ1) is 10.9. The fourth-order valence-corrected chi connectivity index (χ4v) is 4.31. The van der Waals surface area contributed by atoms with Crippen LogP contribution in [0.1, 0.15) is 37.4 Å². The Hall–Kier alpha value is -1.48. The first-order valence-electron chi connectivity index (χ1n) is 8.26. The lowest BCUT2D eigenvalue weighted by Gasteiger charge is -2.04. The molecule has 2 unspecified atom stereocenters. The molecule has 1 fully saturated rings. The van der Waals surface area contributed by atoms with Gasteiger partial charge >= 0.3 is 0 Å². The zero-order valence-electron chi connectivity index (χ0n) is 14.3. The first-order valence-corrected chi connectivity index (χ1v) is 8.79. The van der Waals surface area contributed by atoms with Crippen molar-refractivity contribution in [2.75, 3.05) is 12.4 Å². The number of amides is 1. The number of benzene rings is 1. The highest BCUT2D eigenvalue weighted by Gasteiger charge is 2.58. The summed E-state index contributed by atoms with van der Waals surface area (Å²) >= 11 is 5.54. The molecule has 1 amide bonds. The minimum absolute atomic E-state index is 0.0416. The number of carbonyl (C=O) groups is 1. The minimum atomic E-state index is -0.0805. The molecule has 0 radical (unpaired) electrons. The van der Waals surface area contributed by atoms with Gasteiger partial charge in [-0.25, -0.2) is 0 Å². The molecule has 1 aromatic heterocycles. The maximum atomic E-state index is 11.3. The Bertz CT molecular complexity index is 747. The van der Waals surface area contributed by atoms with Crippen molar-refractivity contribution in [1.82, 2.24) is 9.88 Å². The zero-order valence-corrected chi connectivity index (χ0v) is 15.1. The number of aryl methyl sites for hydroxylation is 1. The van der Waals surface area contributed by atoms with Crippen molar-refractivity contribution >= 4 is 28.4 Å². The van der Waals surface area contributed by atoms with E-state index in [-0.39, 0.29) is 17.2 Å². The number of nitrogens with one attached hydrogen (secondary N) is 1. The molecule has 1 aliphatic rings. The minimum Gasteiger partial charge on any atom is -0.355 e. The molecule has 2 atom stereocenters. The van der Waals surface area contributed by atoms with Crippen LogP contribution < -0.4 is 5.32 Å². The number of aromatic nitrogens is 1. The van der Waals surface area contributed by atoms with Gasteiger partial charge < -0.3 is 9.88 Å². The second-order valence-corrected chi connectivity index (χ2v) is 7.52. The van der Waals surface area contributed by atoms with Gasteiger partial charge in [-0.3, -0.25) is 4.79 Å². The van der Waals surface area contributed by atoms with Gasteiger partial charge in [0.2, 0.25) is 5.91 Å². The van der Waals surface area contributed by atoms with Gasteiger partial charge in [0.1, 0.15) is 5.88 Å². The average molecular weight is 333 g/mol. The molecule has 0 aliphatic heterocycles. The number of para-hydroxylation sites is 1. The SMILES string of the molecule is Cc1c(C2C(CCNC(=O)CCl)C2(C)C)c2ccccc2n1C. The molecule has 23 heavy (non-hydrogen) atoms. The van der Waals surface area contributed by atoms with E-state index in [1.807, 2.05) is 0 Å². The third-order valence-electron chi connectivity index (χ3n) is 5.71. The molecule has 0 saturated heterocycles. The summed E-state index contributed by atoms with van der Waals surface area (Å²) in [5, 5.41) is 4.27. The van der Waals surface area contributed by atoms with Crippen LogP contribution in [-0.4, -0.2) is 22.9 Å². The summed E-state index contributed by atoms with van der Waals surface area (Å²) in [6, 6.07) is 8.65. The van der Waals surface area contributed by atoms with E-state index in [0.29, 0.717) is 18.4 Å². The molecule has 0 spiro atoms. The van der Waals surface area contributed by atoms with E-state index in [2.05, 4.69) is 62.0 Å². The Morgan fingerprint density at radius 2 is 2.04 bits per heavy atom. The summed E-state index contributed by atoms with van der Waals surface area (Å²) in [5.41, 5.74) is 4.43. The van der Waals surface area contributed by atoms with E-state index in [1.54, 1.807) is 0 Å². The van der Waals surface area contributed by atoms with Crippen molar-refractivity contribution in [3.05, 3.63) is 35.5 Å². The van der Waals surface area contributed by atoms with Crippen LogP contribution in [0.3, 0.4) is 0 Å². The predicted molar refractivity (Wildman–Crippen MR) is 96.0 cm³/mol. The standard InChI is InChI=1S/C19H25ClN2O/c1-12-17(13-7-5-6-8-15(13)22(12)4)18-14(19(18,2)3)9-10-21-16(23)11-20/h5-8,14,18H,9-11H2,1-4H3,(H,21,23). The lowest BCUT2D eigenvalue weighted by atomic mass is 10.0. The van der Waals surface area contributed by atoms with Gasteiger partial charge in [-0.15, -0.1) is 11.6 Å². The molecule has 1 aliphatic carbocycles. The molecular weight excluding hydrogens is 308 g/mol. The Balaban J connectivity index is 1.85. The fraction of sp³-hybridized carbons (Fsp3) is 0.526. The van der Waals surface area contributed by atoms with Crippen LogP contribution in [0.5, 0.6) is 0 Å². The van der Waals surface area contributed by atoms with E-state index in [1.165, 1.54) is 22.2 Å². The second-order valence-electron chi connectivity index (χ2n) is 7.25. The molecule has 3 rings (SSSR count). The molecule has 1 heterocycles. The zero-order chi connectivity index (χ0) is 16.8. The molecule has 124 valence electrons. The Morgan fingerprint density at radius 1 is 1.35 bits per heavy atom. The smallest absolute Gasteiger partial charge is 0.234 e. The van der Waals surface area contributed by atoms with Crippen molar-refractivity contribution in [2.45, 2.75) is 33.1 Å². The van der Waals surface area contributed by atoms with Crippen molar-refractivity contribution in [1.29, 1.82) is 0 Å². The molecule has 3 nitrogen and oxygen atoms in total. The van der Waals surface area contributed by atoms with Gasteiger partial charge in [-0.2, -0.15) is 0 Å². The summed E-state index contributed by atoms with van der Waals surface area (Å²) in [7, 11) is 2.15. The lowest BCUT2D eigenvalue weighted by Crippen LogP contribution is -2.25. The van der Waals surface area contributed by atoms with E-state index < -0.39 is 0 Å². The van der Waals surface area contributed by atoms with Crippen molar-refractivity contribution in [3.8, 4) is 0 Å². The highest BCUT2D eigenvalue weighted by Crippen LogP contribution is 2.67. The number of hydrogen-bond donors (Lipinski definition) is 1. The van der Waals surface area contributed by atoms with Crippen LogP contribution in [0, 0.1) is 18.3 Å². The molecule has 4 heteroatoms. The predicted octanol–water partition coefficient (Wildman–Crippen LogP) is 3.97. The summed E-state index contributed by atoms with van der Waals surface area (Å²) in [4.78, 5) is 11.3. The van der Waals surface area contributed by atoms with E-state index in [9.17, 15) is 4.79 Å². The van der Waals surface area contributed by atoms with Crippen molar-refractivity contribution < 1.29 is 4.79 Å². The number of halogens is 1. The van der Waals surface area contributed by atoms with Crippen LogP contribution in [0.4, 0.5) is 0 Å². The van der Waals surface area contributed by atoms with Crippen LogP contribution >= 0.6 is 11.6 Å². The number of carbonyl (C=O) groups excluding carboxylic acids is 1. The third-order valence-corrected chi connectivity index (χ3v) is 5.95. The van der Waals surface area contributed by atoms with Crippen LogP contribution in [0.25, 0.3) is 10.9 Å². The Kier molecular flexibility index (Phi) is 4.18. The van der Waals surface area contributed by atoms with Crippen LogP contribution in [-0.2, 0) is 11.8 Å². The quantitative estimate of drug-likeness (QED) is 0.826. The number of nitrogens with zero attached hydrogens (tertiary/aromatic N) is 1. The van der Waals surface area contributed by atoms with Gasteiger partial charge in [-0.1, -0.05) is 32.0 Å². The molecule has 1 aromatic carbocycles. The number of alkyl halides is 1. The Labute approximate surface area is 143 Å². The highest BCUT2D eigenvalue weighted by molar-refractivity contribution is 6.27. The molecule has 1 saturated carbocycles. The van der Waals surface area contributed by atoms with Gasteiger partial charge in [0.15, 0.2) is 0 Å². The molecular formula is C19H25ClN2O. The maximum Gasteiger partial charge on any atom is 0.234 e. The molecule has 0 bridgehead atoms. The Morgan fingerprint density at radius 3 is 2.74 bits per heavy atom. The van der Waals surface area contributed by atoms with Gasteiger partial charge in [0, 0.05) is 30.2 Å². The topological polar surface area (TPSA) is 34.0 Å². The van der Waals surface area contributed by atoms with Crippen LogP contribution in [0.2, 0.25) is 0 Å². The van der Waals surface area contributed by atoms with Crippen molar-refractivity contribution in [2.24, 2.45) is 18.4 Å². The van der Waals surface area contributed by atoms with E-state index in [4.69, 9.17) is 11.6 Å². The maximum absolute atomic E-state index is 11.3. The fourth-order valence-electron chi connectivity index (χ4n) is 4.21. The summed E-state index contributed by atoms with van der Waals surface area (Å²) in [6.07, 6.45) is 1.00. The normalized spacial score (nSPS) is 22.3. The largest absolute Gasteiger partial charge is 0.355 e. The van der Waals surface area contributed by atoms with Gasteiger partial charge in [-0.05, 0) is 42.2 Å². The summed E-state index contributed by atoms with van der Waals surface area (Å²) < 4.78 is 2.30. The van der Waals surface area contributed by atoms with Crippen molar-refractivity contribution in [3.63, 3.8) is 0 Å². The first kappa shape index (κ1) is 16.4. The van der Waals surface area contributed by atoms with Gasteiger partial charge in [0.25, 0.3) is 0 Å². The lowest BCUT2D eigenvalue weighted by molar-refractivity contribution is -0.118. The van der Waals surface area contributed by atoms with Crippen LogP contribution in [0.15, 0.2) is 24.3 Å². The summed E-state index contributed by atoms with van der Waals surface area (Å²) in [6.45, 7) is 7.61. The molecule has 2 aromatic rings. The number of hydrogen-bond acceptors (Lipinski definition) is 1. The molecule has 1 N–H and O–H groups in total. The monoisotopic (exact) mass is 332 g/mol. The van der Waals surface area contributed by atoms with Gasteiger partial charge in [0.05, 0.1) is 0 Å². The highest BCUT2D eigenvalue weighted by atomic mass is 35.5. The average Bonchev–Trinajstić information content (AvgIpc) is 2.97. The number of rotatable bonds is 5. The number of fused-ring (bicyclic) bond motifs is 1. The third kappa shape index (κ3) is 2.65. The summed E-state index contributed by atoms with van der Waals surface area (Å²) in [5.74, 6) is 1.12. The van der Waals surface area contributed by atoms with E-state index in [0.717, 1.165) is 6.42 Å².